The first-order valence-electron chi connectivity index (χ1n) is 8.26. The van der Waals surface area contributed by atoms with E-state index in [9.17, 15) is 24.5 Å². The Bertz CT molecular complexity index is 930. The Hall–Kier alpha value is -3.27. The second-order valence-electron chi connectivity index (χ2n) is 6.13. The number of halogens is 1. The number of anilines is 1. The fraction of sp³-hybridized carbons (Fsp3) is 0.167. The van der Waals surface area contributed by atoms with Gasteiger partial charge in [-0.15, -0.1) is 0 Å². The van der Waals surface area contributed by atoms with E-state index in [0.717, 1.165) is 4.47 Å². The van der Waals surface area contributed by atoms with Crippen LogP contribution in [0.5, 0.6) is 0 Å². The highest BCUT2D eigenvalue weighted by Crippen LogP contribution is 2.26. The molecule has 0 saturated carbocycles. The summed E-state index contributed by atoms with van der Waals surface area (Å²) < 4.78 is 0.881. The lowest BCUT2D eigenvalue weighted by Crippen LogP contribution is -2.45. The Morgan fingerprint density at radius 1 is 1.07 bits per heavy atom. The van der Waals surface area contributed by atoms with E-state index in [1.54, 1.807) is 24.3 Å². The predicted molar refractivity (Wildman–Crippen MR) is 103 cm³/mol. The molecule has 0 radical (unpaired) electrons. The molecule has 1 atom stereocenters. The van der Waals surface area contributed by atoms with Gasteiger partial charge in [0.15, 0.2) is 0 Å². The molecule has 144 valence electrons. The summed E-state index contributed by atoms with van der Waals surface area (Å²) in [5.74, 6) is -1.88. The SMILES string of the molecule is O=C(NNC(=O)[C@@H]1CC(=O)N(c2ccc(Br)cc2)C1)c1ccc([N+](=O)[O-])cc1. The third-order valence-electron chi connectivity index (χ3n) is 4.27. The second kappa shape index (κ2) is 8.17. The minimum Gasteiger partial charge on any atom is -0.312 e. The van der Waals surface area contributed by atoms with Crippen LogP contribution in [0.3, 0.4) is 0 Å². The molecule has 1 aliphatic rings. The van der Waals surface area contributed by atoms with Gasteiger partial charge in [0.2, 0.25) is 11.8 Å². The van der Waals surface area contributed by atoms with E-state index in [1.807, 2.05) is 0 Å². The van der Waals surface area contributed by atoms with Gasteiger partial charge in [-0.1, -0.05) is 15.9 Å². The highest BCUT2D eigenvalue weighted by atomic mass is 79.9. The van der Waals surface area contributed by atoms with E-state index in [1.165, 1.54) is 29.2 Å². The van der Waals surface area contributed by atoms with Crippen LogP contribution in [0.2, 0.25) is 0 Å². The zero-order chi connectivity index (χ0) is 20.3. The quantitative estimate of drug-likeness (QED) is 0.550. The Kier molecular flexibility index (Phi) is 5.69. The average molecular weight is 447 g/mol. The van der Waals surface area contributed by atoms with Gasteiger partial charge in [0.1, 0.15) is 0 Å². The summed E-state index contributed by atoms with van der Waals surface area (Å²) in [6.07, 6.45) is 0.0370. The molecule has 0 aliphatic carbocycles. The lowest BCUT2D eigenvalue weighted by Gasteiger charge is -2.17. The summed E-state index contributed by atoms with van der Waals surface area (Å²) in [6.45, 7) is 0.208. The second-order valence-corrected chi connectivity index (χ2v) is 7.04. The number of hydrogen-bond acceptors (Lipinski definition) is 5. The summed E-state index contributed by atoms with van der Waals surface area (Å²) in [5, 5.41) is 10.6. The number of amides is 3. The van der Waals surface area contributed by atoms with Gasteiger partial charge in [-0.2, -0.15) is 0 Å². The van der Waals surface area contributed by atoms with Crippen LogP contribution < -0.4 is 15.8 Å². The zero-order valence-electron chi connectivity index (χ0n) is 14.4. The van der Waals surface area contributed by atoms with Gasteiger partial charge < -0.3 is 4.90 Å². The van der Waals surface area contributed by atoms with Gasteiger partial charge >= 0.3 is 0 Å². The molecule has 9 nitrogen and oxygen atoms in total. The topological polar surface area (TPSA) is 122 Å². The molecule has 0 spiro atoms. The summed E-state index contributed by atoms with van der Waals surface area (Å²) in [4.78, 5) is 48.1. The van der Waals surface area contributed by atoms with Crippen LogP contribution in [0, 0.1) is 16.0 Å². The van der Waals surface area contributed by atoms with Crippen molar-refractivity contribution in [3.63, 3.8) is 0 Å². The molecule has 1 aliphatic heterocycles. The molecule has 1 saturated heterocycles. The van der Waals surface area contributed by atoms with E-state index < -0.39 is 22.7 Å². The number of nitrogens with one attached hydrogen (secondary N) is 2. The molecule has 1 heterocycles. The van der Waals surface area contributed by atoms with Crippen LogP contribution in [0.1, 0.15) is 16.8 Å². The third kappa shape index (κ3) is 4.34. The third-order valence-corrected chi connectivity index (χ3v) is 4.80. The number of benzene rings is 2. The number of carbonyl (C=O) groups excluding carboxylic acids is 3. The molecule has 3 rings (SSSR count). The van der Waals surface area contributed by atoms with Crippen molar-refractivity contribution < 1.29 is 19.3 Å². The monoisotopic (exact) mass is 446 g/mol. The summed E-state index contributed by atoms with van der Waals surface area (Å²) in [6, 6.07) is 12.1. The Morgan fingerprint density at radius 3 is 2.32 bits per heavy atom. The van der Waals surface area contributed by atoms with Crippen molar-refractivity contribution in [2.75, 3.05) is 11.4 Å². The molecule has 10 heteroatoms. The van der Waals surface area contributed by atoms with Crippen molar-refractivity contribution >= 4 is 45.0 Å². The first-order valence-corrected chi connectivity index (χ1v) is 9.05. The number of hydrogen-bond donors (Lipinski definition) is 2. The van der Waals surface area contributed by atoms with E-state index in [4.69, 9.17) is 0 Å². The van der Waals surface area contributed by atoms with Crippen molar-refractivity contribution in [1.29, 1.82) is 0 Å². The number of hydrazine groups is 1. The van der Waals surface area contributed by atoms with Crippen LogP contribution in [-0.4, -0.2) is 29.2 Å². The van der Waals surface area contributed by atoms with Crippen molar-refractivity contribution in [3.8, 4) is 0 Å². The Labute approximate surface area is 168 Å². The summed E-state index contributed by atoms with van der Waals surface area (Å²) in [7, 11) is 0. The highest BCUT2D eigenvalue weighted by Gasteiger charge is 2.35. The molecule has 28 heavy (non-hydrogen) atoms. The fourth-order valence-electron chi connectivity index (χ4n) is 2.78. The van der Waals surface area contributed by atoms with Crippen molar-refractivity contribution in [1.82, 2.24) is 10.9 Å². The normalized spacial score (nSPS) is 16.0. The number of nitrogens with zero attached hydrogens (tertiary/aromatic N) is 2. The smallest absolute Gasteiger partial charge is 0.269 e. The maximum atomic E-state index is 12.3. The van der Waals surface area contributed by atoms with Gasteiger partial charge in [-0.3, -0.25) is 35.3 Å². The largest absolute Gasteiger partial charge is 0.312 e. The van der Waals surface area contributed by atoms with Crippen LogP contribution in [0.25, 0.3) is 0 Å². The molecule has 2 aromatic rings. The van der Waals surface area contributed by atoms with Crippen LogP contribution in [-0.2, 0) is 9.59 Å². The maximum absolute atomic E-state index is 12.3. The fourth-order valence-corrected chi connectivity index (χ4v) is 3.05. The molecule has 0 unspecified atom stereocenters. The molecule has 2 aromatic carbocycles. The minimum atomic E-state index is -0.614. The van der Waals surface area contributed by atoms with Gasteiger partial charge in [0, 0.05) is 40.8 Å². The number of nitro groups is 1. The number of nitro benzene ring substituents is 1. The molecular formula is C18H15BrN4O5. The number of rotatable bonds is 4. The van der Waals surface area contributed by atoms with Gasteiger partial charge in [-0.25, -0.2) is 0 Å². The maximum Gasteiger partial charge on any atom is 0.269 e. The first kappa shape index (κ1) is 19.5. The lowest BCUT2D eigenvalue weighted by atomic mass is 10.1. The number of carbonyl (C=O) groups is 3. The van der Waals surface area contributed by atoms with E-state index in [2.05, 4.69) is 26.8 Å². The molecule has 2 N–H and O–H groups in total. The summed E-state index contributed by atoms with van der Waals surface area (Å²) >= 11 is 3.33. The first-order chi connectivity index (χ1) is 13.3. The standard InChI is InChI=1S/C18H15BrN4O5/c19-13-3-7-14(8-4-13)22-10-12(9-16(22)24)18(26)21-20-17(25)11-1-5-15(6-2-11)23(27)28/h1-8,12H,9-10H2,(H,20,25)(H,21,26)/t12-/m1/s1. The van der Waals surface area contributed by atoms with E-state index in [-0.39, 0.29) is 30.1 Å². The predicted octanol–water partition coefficient (Wildman–Crippen LogP) is 2.17. The lowest BCUT2D eigenvalue weighted by molar-refractivity contribution is -0.384. The van der Waals surface area contributed by atoms with Gasteiger partial charge in [0.05, 0.1) is 10.8 Å². The molecular weight excluding hydrogens is 432 g/mol. The number of non-ortho nitro benzene ring substituents is 1. The average Bonchev–Trinajstić information content (AvgIpc) is 3.08. The van der Waals surface area contributed by atoms with Crippen molar-refractivity contribution in [2.24, 2.45) is 5.92 Å². The van der Waals surface area contributed by atoms with Gasteiger partial charge in [-0.05, 0) is 36.4 Å². The van der Waals surface area contributed by atoms with Crippen LogP contribution in [0.15, 0.2) is 53.0 Å². The Balaban J connectivity index is 1.56. The van der Waals surface area contributed by atoms with Crippen LogP contribution >= 0.6 is 15.9 Å². The minimum absolute atomic E-state index is 0.0370. The highest BCUT2D eigenvalue weighted by molar-refractivity contribution is 9.10. The van der Waals surface area contributed by atoms with Crippen LogP contribution in [0.4, 0.5) is 11.4 Å². The molecule has 0 bridgehead atoms. The zero-order valence-corrected chi connectivity index (χ0v) is 16.0. The molecule has 1 fully saturated rings. The molecule has 0 aromatic heterocycles. The van der Waals surface area contributed by atoms with E-state index >= 15 is 0 Å². The van der Waals surface area contributed by atoms with Crippen molar-refractivity contribution in [3.05, 3.63) is 68.7 Å². The van der Waals surface area contributed by atoms with Gasteiger partial charge in [0.25, 0.3) is 11.6 Å². The summed E-state index contributed by atoms with van der Waals surface area (Å²) in [5.41, 5.74) is 5.27. The Morgan fingerprint density at radius 2 is 1.71 bits per heavy atom. The van der Waals surface area contributed by atoms with E-state index in [0.29, 0.717) is 5.69 Å². The molecule has 3 amide bonds. The van der Waals surface area contributed by atoms with Crippen molar-refractivity contribution in [2.45, 2.75) is 6.42 Å².